The van der Waals surface area contributed by atoms with Gasteiger partial charge in [0.15, 0.2) is 5.82 Å². The molecule has 0 spiro atoms. The third-order valence-electron chi connectivity index (χ3n) is 2.95. The van der Waals surface area contributed by atoms with E-state index in [-0.39, 0.29) is 5.82 Å². The summed E-state index contributed by atoms with van der Waals surface area (Å²) in [6.45, 7) is 0. The second kappa shape index (κ2) is 6.33. The molecule has 7 heteroatoms. The fraction of sp³-hybridized carbons (Fsp3) is 0. The fourth-order valence-corrected chi connectivity index (χ4v) is 2.49. The van der Waals surface area contributed by atoms with Crippen LogP contribution >= 0.6 is 28.1 Å². The smallest absolute Gasteiger partial charge is 0.216 e. The summed E-state index contributed by atoms with van der Waals surface area (Å²) in [6, 6.07) is 14.0. The Balaban J connectivity index is 2.04. The van der Waals surface area contributed by atoms with E-state index in [1.165, 1.54) is 17.0 Å². The Morgan fingerprint density at radius 2 is 2.05 bits per heavy atom. The van der Waals surface area contributed by atoms with E-state index in [4.69, 9.17) is 12.2 Å². The predicted octanol–water partition coefficient (Wildman–Crippen LogP) is 4.39. The number of halogens is 2. The van der Waals surface area contributed by atoms with Gasteiger partial charge >= 0.3 is 0 Å². The molecule has 4 nitrogen and oxygen atoms in total. The fourth-order valence-electron chi connectivity index (χ4n) is 1.91. The molecule has 0 aliphatic carbocycles. The van der Waals surface area contributed by atoms with E-state index >= 15 is 0 Å². The Hall–Kier alpha value is -2.12. The Kier molecular flexibility index (Phi) is 4.26. The molecule has 0 saturated heterocycles. The Morgan fingerprint density at radius 3 is 2.82 bits per heavy atom. The molecule has 0 bridgehead atoms. The summed E-state index contributed by atoms with van der Waals surface area (Å²) in [5, 5.41) is 11.1. The summed E-state index contributed by atoms with van der Waals surface area (Å²) in [7, 11) is 0. The highest BCUT2D eigenvalue weighted by Gasteiger charge is 2.08. The van der Waals surface area contributed by atoms with E-state index in [1.807, 2.05) is 24.3 Å². The van der Waals surface area contributed by atoms with Gasteiger partial charge in [0.2, 0.25) is 4.77 Å². The van der Waals surface area contributed by atoms with Crippen LogP contribution in [0.15, 0.2) is 58.1 Å². The molecule has 0 amide bonds. The molecular weight excluding hydrogens is 367 g/mol. The molecular formula is C15H10BrFN4S. The topological polar surface area (TPSA) is 46.0 Å². The number of benzene rings is 2. The van der Waals surface area contributed by atoms with Gasteiger partial charge in [0.1, 0.15) is 5.82 Å². The van der Waals surface area contributed by atoms with Gasteiger partial charge in [-0.25, -0.2) is 9.49 Å². The van der Waals surface area contributed by atoms with Gasteiger partial charge in [-0.3, -0.25) is 0 Å². The lowest BCUT2D eigenvalue weighted by atomic mass is 10.2. The summed E-state index contributed by atoms with van der Waals surface area (Å²) in [5.74, 6) is 0.212. The van der Waals surface area contributed by atoms with E-state index in [0.717, 1.165) is 10.0 Å². The molecule has 2 aromatic carbocycles. The number of hydrogen-bond acceptors (Lipinski definition) is 3. The third kappa shape index (κ3) is 3.05. The average Bonchev–Trinajstić information content (AvgIpc) is 2.87. The van der Waals surface area contributed by atoms with E-state index < -0.39 is 0 Å². The van der Waals surface area contributed by atoms with Gasteiger partial charge in [-0.2, -0.15) is 14.9 Å². The highest BCUT2D eigenvalue weighted by molar-refractivity contribution is 9.10. The number of aromatic nitrogens is 3. The van der Waals surface area contributed by atoms with Crippen LogP contribution in [0, 0.1) is 10.6 Å². The maximum atomic E-state index is 13.6. The maximum Gasteiger partial charge on any atom is 0.216 e. The molecule has 22 heavy (non-hydrogen) atoms. The molecule has 1 N–H and O–H groups in total. The van der Waals surface area contributed by atoms with Gasteiger partial charge in [-0.1, -0.05) is 46.3 Å². The standard InChI is InChI=1S/C15H10BrFN4S/c16-12-6-3-5-10(8-12)14-19-20-15(22)21(14)18-9-11-4-1-2-7-13(11)17/h1-9H,(H,20,22)/b18-9-. The first kappa shape index (κ1) is 14.8. The van der Waals surface area contributed by atoms with Crippen molar-refractivity contribution in [3.05, 3.63) is 69.2 Å². The van der Waals surface area contributed by atoms with Crippen LogP contribution < -0.4 is 0 Å². The number of aromatic amines is 1. The van der Waals surface area contributed by atoms with Crippen molar-refractivity contribution in [1.82, 2.24) is 14.9 Å². The van der Waals surface area contributed by atoms with Crippen LogP contribution in [0.5, 0.6) is 0 Å². The van der Waals surface area contributed by atoms with Crippen molar-refractivity contribution >= 4 is 34.4 Å². The molecule has 0 unspecified atom stereocenters. The molecule has 0 atom stereocenters. The molecule has 1 aromatic heterocycles. The summed E-state index contributed by atoms with van der Waals surface area (Å²) >= 11 is 8.59. The van der Waals surface area contributed by atoms with Crippen LogP contribution in [-0.2, 0) is 0 Å². The van der Waals surface area contributed by atoms with Crippen molar-refractivity contribution in [2.45, 2.75) is 0 Å². The highest BCUT2D eigenvalue weighted by Crippen LogP contribution is 2.21. The van der Waals surface area contributed by atoms with Gasteiger partial charge in [0.25, 0.3) is 0 Å². The highest BCUT2D eigenvalue weighted by atomic mass is 79.9. The molecule has 3 rings (SSSR count). The molecule has 1 heterocycles. The number of H-pyrrole nitrogens is 1. The lowest BCUT2D eigenvalue weighted by Gasteiger charge is -2.01. The summed E-state index contributed by atoms with van der Waals surface area (Å²) < 4.78 is 16.4. The number of hydrogen-bond donors (Lipinski definition) is 1. The number of nitrogens with one attached hydrogen (secondary N) is 1. The minimum absolute atomic E-state index is 0.336. The van der Waals surface area contributed by atoms with Crippen LogP contribution in [0.4, 0.5) is 4.39 Å². The van der Waals surface area contributed by atoms with Crippen LogP contribution in [-0.4, -0.2) is 21.1 Å². The second-order valence-electron chi connectivity index (χ2n) is 4.44. The SMILES string of the molecule is Fc1ccccc1/C=N\n1c(-c2cccc(Br)c2)n[nH]c1=S. The lowest BCUT2D eigenvalue weighted by molar-refractivity contribution is 0.625. The maximum absolute atomic E-state index is 13.6. The van der Waals surface area contributed by atoms with Crippen molar-refractivity contribution in [2.24, 2.45) is 5.10 Å². The van der Waals surface area contributed by atoms with E-state index in [2.05, 4.69) is 31.2 Å². The van der Waals surface area contributed by atoms with E-state index in [9.17, 15) is 4.39 Å². The Labute approximate surface area is 139 Å². The quantitative estimate of drug-likeness (QED) is 0.544. The molecule has 0 fully saturated rings. The van der Waals surface area contributed by atoms with Crippen LogP contribution in [0.1, 0.15) is 5.56 Å². The van der Waals surface area contributed by atoms with Gasteiger partial charge in [0.05, 0.1) is 6.21 Å². The molecule has 0 saturated carbocycles. The molecule has 3 aromatic rings. The summed E-state index contributed by atoms with van der Waals surface area (Å²) in [6.07, 6.45) is 1.42. The van der Waals surface area contributed by atoms with Crippen molar-refractivity contribution < 1.29 is 4.39 Å². The third-order valence-corrected chi connectivity index (χ3v) is 3.71. The first-order chi connectivity index (χ1) is 10.6. The predicted molar refractivity (Wildman–Crippen MR) is 89.9 cm³/mol. The van der Waals surface area contributed by atoms with Crippen molar-refractivity contribution in [3.8, 4) is 11.4 Å². The Bertz CT molecular complexity index is 900. The largest absolute Gasteiger partial charge is 0.250 e. The monoisotopic (exact) mass is 376 g/mol. The lowest BCUT2D eigenvalue weighted by Crippen LogP contribution is -1.96. The van der Waals surface area contributed by atoms with Crippen LogP contribution in [0.25, 0.3) is 11.4 Å². The zero-order chi connectivity index (χ0) is 15.5. The van der Waals surface area contributed by atoms with Crippen molar-refractivity contribution in [2.75, 3.05) is 0 Å². The van der Waals surface area contributed by atoms with Crippen LogP contribution in [0.2, 0.25) is 0 Å². The van der Waals surface area contributed by atoms with Crippen LogP contribution in [0.3, 0.4) is 0 Å². The first-order valence-corrected chi connectivity index (χ1v) is 7.57. The van der Waals surface area contributed by atoms with Gasteiger partial charge in [0, 0.05) is 15.6 Å². The van der Waals surface area contributed by atoms with Crippen molar-refractivity contribution in [3.63, 3.8) is 0 Å². The molecule has 0 aliphatic rings. The summed E-state index contributed by atoms with van der Waals surface area (Å²) in [4.78, 5) is 0. The zero-order valence-electron chi connectivity index (χ0n) is 11.2. The average molecular weight is 377 g/mol. The van der Waals surface area contributed by atoms with Gasteiger partial charge in [-0.15, -0.1) is 0 Å². The van der Waals surface area contributed by atoms with E-state index in [1.54, 1.807) is 18.2 Å². The van der Waals surface area contributed by atoms with Gasteiger partial charge < -0.3 is 0 Å². The minimum Gasteiger partial charge on any atom is -0.250 e. The minimum atomic E-state index is -0.342. The number of nitrogens with zero attached hydrogens (tertiary/aromatic N) is 3. The Morgan fingerprint density at radius 1 is 1.23 bits per heavy atom. The van der Waals surface area contributed by atoms with E-state index in [0.29, 0.717) is 16.2 Å². The van der Waals surface area contributed by atoms with Gasteiger partial charge in [-0.05, 0) is 30.4 Å². The number of rotatable bonds is 3. The molecule has 110 valence electrons. The van der Waals surface area contributed by atoms with Crippen molar-refractivity contribution in [1.29, 1.82) is 0 Å². The zero-order valence-corrected chi connectivity index (χ0v) is 13.6. The summed E-state index contributed by atoms with van der Waals surface area (Å²) in [5.41, 5.74) is 1.22. The first-order valence-electron chi connectivity index (χ1n) is 6.37. The normalized spacial score (nSPS) is 11.2. The second-order valence-corrected chi connectivity index (χ2v) is 5.74. The molecule has 0 aliphatic heterocycles. The molecule has 0 radical (unpaired) electrons.